The molecule has 0 bridgehead atoms. The third kappa shape index (κ3) is 16.0. The van der Waals surface area contributed by atoms with Gasteiger partial charge in [0.2, 0.25) is 5.43 Å². The Labute approximate surface area is 462 Å². The number of esters is 1. The zero-order valence-electron chi connectivity index (χ0n) is 49.1. The standard InChI is InChI=1S/C58H95N3O17/c1-16-45-58(11,69)50(64)38(7)60(14)32-34(3)30-56(9,68)51(78-55-48(63)44(59(12)13)28-35(4)74-55)36(5)49(37(6)54(67)76-45)77-46-31-57(10,70-15)52(39(8)75-46)73-25-19-24-72-27-26-71-23-18-20-40-21-22-43-41(29-40)47(62)42(53(65)66)33-61(43)17-2/h18,20-22,29,33-39,44-46,48-52,55,63-64,68-69H,16-17,19,23-28,30-32H2,1-15H3,(H,65,66)/t34-,35-,36+,37-,38-,39+,44+,45-,46+,48-,49+,50-,51-,52+,55+,56-,57-,58-/m1/s1. The molecule has 0 aliphatic carbocycles. The lowest BCUT2D eigenvalue weighted by Crippen LogP contribution is -2.61. The second kappa shape index (κ2) is 28.5. The first-order valence-electron chi connectivity index (χ1n) is 28.0. The molecule has 5 N–H and O–H groups in total. The van der Waals surface area contributed by atoms with Gasteiger partial charge in [-0.25, -0.2) is 4.79 Å². The Morgan fingerprint density at radius 1 is 0.923 bits per heavy atom. The number of aromatic nitrogens is 1. The molecule has 5 rings (SSSR count). The fourth-order valence-corrected chi connectivity index (χ4v) is 11.9. The van der Waals surface area contributed by atoms with Gasteiger partial charge in [-0.2, -0.15) is 0 Å². The largest absolute Gasteiger partial charge is 0.477 e. The van der Waals surface area contributed by atoms with Crippen LogP contribution >= 0.6 is 0 Å². The van der Waals surface area contributed by atoms with Crippen LogP contribution in [0.2, 0.25) is 0 Å². The number of ether oxygens (including phenoxy) is 9. The maximum atomic E-state index is 14.6. The number of benzene rings is 1. The van der Waals surface area contributed by atoms with E-state index in [-0.39, 0.29) is 42.9 Å². The number of nitrogens with zero attached hydrogens (tertiary/aromatic N) is 3. The number of hydrogen-bond acceptors (Lipinski definition) is 18. The lowest BCUT2D eigenvalue weighted by atomic mass is 9.77. The smallest absolute Gasteiger partial charge is 0.341 e. The summed E-state index contributed by atoms with van der Waals surface area (Å²) in [6.07, 6.45) is -2.35. The Kier molecular flexibility index (Phi) is 23.9. The summed E-state index contributed by atoms with van der Waals surface area (Å²) in [5, 5.41) is 58.0. The van der Waals surface area contributed by atoms with E-state index >= 15 is 0 Å². The number of aryl methyl sites for hydroxylation is 1. The Morgan fingerprint density at radius 2 is 1.62 bits per heavy atom. The average molecular weight is 1110 g/mol. The van der Waals surface area contributed by atoms with Gasteiger partial charge in [0.15, 0.2) is 12.6 Å². The number of methoxy groups -OCH3 is 1. The number of carboxylic acid groups (broad SMARTS) is 1. The van der Waals surface area contributed by atoms with Crippen molar-refractivity contribution in [3.63, 3.8) is 0 Å². The molecule has 0 radical (unpaired) electrons. The molecule has 20 nitrogen and oxygen atoms in total. The highest BCUT2D eigenvalue weighted by Crippen LogP contribution is 2.41. The molecule has 1 aromatic carbocycles. The van der Waals surface area contributed by atoms with Crippen LogP contribution in [0.1, 0.15) is 124 Å². The number of fused-ring (bicyclic) bond motifs is 1. The summed E-state index contributed by atoms with van der Waals surface area (Å²) in [5.74, 6) is -3.96. The molecular formula is C58H95N3O17. The number of aromatic carboxylic acids is 1. The summed E-state index contributed by atoms with van der Waals surface area (Å²) in [5.41, 5.74) is -3.74. The van der Waals surface area contributed by atoms with E-state index < -0.39 is 107 Å². The molecule has 2 aromatic rings. The number of pyridine rings is 1. The summed E-state index contributed by atoms with van der Waals surface area (Å²) in [4.78, 5) is 43.0. The fourth-order valence-electron chi connectivity index (χ4n) is 11.9. The van der Waals surface area contributed by atoms with Crippen LogP contribution in [-0.2, 0) is 54.0 Å². The van der Waals surface area contributed by atoms with Crippen molar-refractivity contribution in [3.8, 4) is 0 Å². The van der Waals surface area contributed by atoms with E-state index in [9.17, 15) is 39.9 Å². The number of rotatable bonds is 20. The lowest BCUT2D eigenvalue weighted by Gasteiger charge is -2.49. The van der Waals surface area contributed by atoms with Gasteiger partial charge in [-0.3, -0.25) is 9.59 Å². The Hall–Kier alpha value is -3.45. The second-order valence-electron chi connectivity index (χ2n) is 23.2. The third-order valence-corrected chi connectivity index (χ3v) is 16.5. The van der Waals surface area contributed by atoms with Crippen LogP contribution in [0.15, 0.2) is 35.3 Å². The molecule has 3 fully saturated rings. The summed E-state index contributed by atoms with van der Waals surface area (Å²) in [6, 6.07) is 4.50. The van der Waals surface area contributed by atoms with Crippen molar-refractivity contribution in [3.05, 3.63) is 51.8 Å². The summed E-state index contributed by atoms with van der Waals surface area (Å²) in [7, 11) is 7.21. The van der Waals surface area contributed by atoms with Crippen molar-refractivity contribution in [2.24, 2.45) is 17.8 Å². The predicted octanol–water partition coefficient (Wildman–Crippen LogP) is 5.09. The summed E-state index contributed by atoms with van der Waals surface area (Å²) in [6.45, 7) is 22.5. The van der Waals surface area contributed by atoms with Gasteiger partial charge >= 0.3 is 11.9 Å². The highest BCUT2D eigenvalue weighted by molar-refractivity contribution is 5.93. The minimum absolute atomic E-state index is 0.175. The topological polar surface area (TPSA) is 247 Å². The number of carboxylic acids is 1. The van der Waals surface area contributed by atoms with Crippen LogP contribution in [0.4, 0.5) is 0 Å². The van der Waals surface area contributed by atoms with Gasteiger partial charge < -0.3 is 82.5 Å². The first-order chi connectivity index (χ1) is 36.6. The lowest BCUT2D eigenvalue weighted by molar-refractivity contribution is -0.321. The number of carbonyl (C=O) groups excluding carboxylic acids is 1. The van der Waals surface area contributed by atoms with E-state index in [1.54, 1.807) is 45.4 Å². The first kappa shape index (κ1) is 65.4. The molecule has 0 spiro atoms. The van der Waals surface area contributed by atoms with Crippen molar-refractivity contribution >= 4 is 28.9 Å². The zero-order valence-corrected chi connectivity index (χ0v) is 49.1. The summed E-state index contributed by atoms with van der Waals surface area (Å²) >= 11 is 0. The van der Waals surface area contributed by atoms with Crippen LogP contribution < -0.4 is 5.43 Å². The van der Waals surface area contributed by atoms with Gasteiger partial charge in [-0.05, 0) is 126 Å². The van der Waals surface area contributed by atoms with E-state index in [0.29, 0.717) is 69.9 Å². The van der Waals surface area contributed by atoms with Crippen molar-refractivity contribution in [2.75, 3.05) is 67.8 Å². The van der Waals surface area contributed by atoms with E-state index in [2.05, 4.69) is 0 Å². The number of hydrogen-bond donors (Lipinski definition) is 5. The predicted molar refractivity (Wildman–Crippen MR) is 294 cm³/mol. The van der Waals surface area contributed by atoms with E-state index in [1.807, 2.05) is 96.8 Å². The van der Waals surface area contributed by atoms with Crippen LogP contribution in [0.25, 0.3) is 17.0 Å². The molecule has 3 saturated heterocycles. The van der Waals surface area contributed by atoms with Crippen LogP contribution in [0.5, 0.6) is 0 Å². The molecule has 0 amide bonds. The molecule has 444 valence electrons. The van der Waals surface area contributed by atoms with Crippen LogP contribution in [0.3, 0.4) is 0 Å². The molecule has 0 unspecified atom stereocenters. The second-order valence-corrected chi connectivity index (χ2v) is 23.2. The first-order valence-corrected chi connectivity index (χ1v) is 28.0. The number of aliphatic hydroxyl groups excluding tert-OH is 2. The molecule has 78 heavy (non-hydrogen) atoms. The number of cyclic esters (lactones) is 1. The van der Waals surface area contributed by atoms with Gasteiger partial charge in [-0.15, -0.1) is 0 Å². The Morgan fingerprint density at radius 3 is 2.26 bits per heavy atom. The van der Waals surface area contributed by atoms with Crippen LogP contribution in [-0.4, -0.2) is 210 Å². The number of carbonyl (C=O) groups is 2. The van der Waals surface area contributed by atoms with Gasteiger partial charge in [0, 0.05) is 69.4 Å². The summed E-state index contributed by atoms with van der Waals surface area (Å²) < 4.78 is 58.8. The number of likely N-dealkylation sites (N-methyl/N-ethyl adjacent to an activating group) is 2. The van der Waals surface area contributed by atoms with Crippen molar-refractivity contribution in [1.29, 1.82) is 0 Å². The zero-order chi connectivity index (χ0) is 58.0. The quantitative estimate of drug-likeness (QED) is 0.0856. The van der Waals surface area contributed by atoms with E-state index in [4.69, 9.17) is 42.6 Å². The maximum absolute atomic E-state index is 14.6. The molecule has 3 aliphatic rings. The van der Waals surface area contributed by atoms with Gasteiger partial charge in [-0.1, -0.05) is 39.0 Å². The highest BCUT2D eigenvalue weighted by Gasteiger charge is 2.53. The normalized spacial score (nSPS) is 37.1. The monoisotopic (exact) mass is 1110 g/mol. The SMILES string of the molecule is CC[C@H]1OC(=O)[C@H](C)[C@@H](O[C@H]2C[C@@](C)(OC)[C@@H](OCCCOCCOCC=Cc3ccc4c(c3)c(=O)c(C(=O)O)cn4CC)[C@H](C)O2)[C@H](C)[C@@H](O[C@@H]2O[C@H](C)C[C@H](N(C)C)[C@H]2O)[C@](C)(O)C[C@@H](C)CN(C)[C@H](C)[C@@H](O)[C@]1(C)O. The minimum Gasteiger partial charge on any atom is -0.477 e. The van der Waals surface area contributed by atoms with E-state index in [0.717, 1.165) is 5.56 Å². The molecule has 1 aromatic heterocycles. The molecule has 20 heteroatoms. The van der Waals surface area contributed by atoms with Gasteiger partial charge in [0.05, 0.1) is 66.9 Å². The van der Waals surface area contributed by atoms with Gasteiger partial charge in [0.1, 0.15) is 35.6 Å². The molecule has 18 atom stereocenters. The van der Waals surface area contributed by atoms with Crippen LogP contribution in [0, 0.1) is 17.8 Å². The van der Waals surface area contributed by atoms with Crippen molar-refractivity contribution in [2.45, 2.75) is 205 Å². The molecular weight excluding hydrogens is 1010 g/mol. The Balaban J connectivity index is 1.26. The molecule has 4 heterocycles. The third-order valence-electron chi connectivity index (χ3n) is 16.5. The highest BCUT2D eigenvalue weighted by atomic mass is 16.7. The maximum Gasteiger partial charge on any atom is 0.341 e. The fraction of sp³-hybridized carbons (Fsp3) is 0.776. The van der Waals surface area contributed by atoms with Gasteiger partial charge in [0.25, 0.3) is 0 Å². The Bertz CT molecular complexity index is 2330. The number of aliphatic hydroxyl groups is 4. The van der Waals surface area contributed by atoms with Crippen molar-refractivity contribution < 1.29 is 77.8 Å². The average Bonchev–Trinajstić information content (AvgIpc) is 3.47. The van der Waals surface area contributed by atoms with Crippen molar-refractivity contribution in [1.82, 2.24) is 14.4 Å². The molecule has 3 aliphatic heterocycles. The molecule has 0 saturated carbocycles. The van der Waals surface area contributed by atoms with E-state index in [1.165, 1.54) is 13.1 Å². The minimum atomic E-state index is -1.84.